The lowest BCUT2D eigenvalue weighted by molar-refractivity contribution is -0.116. The van der Waals surface area contributed by atoms with Crippen molar-refractivity contribution in [2.45, 2.75) is 31.6 Å². The molecule has 1 atom stereocenters. The number of thioether (sulfide) groups is 1. The van der Waals surface area contributed by atoms with Crippen molar-refractivity contribution < 1.29 is 4.79 Å². The van der Waals surface area contributed by atoms with Crippen LogP contribution < -0.4 is 0 Å². The van der Waals surface area contributed by atoms with Gasteiger partial charge in [0, 0.05) is 16.0 Å². The number of hydrogen-bond acceptors (Lipinski definition) is 5. The number of benzene rings is 1. The molecule has 0 N–H and O–H groups in total. The van der Waals surface area contributed by atoms with Gasteiger partial charge in [-0.15, -0.1) is 23.1 Å². The van der Waals surface area contributed by atoms with E-state index < -0.39 is 5.92 Å². The smallest absolute Gasteiger partial charge is 0.167 e. The van der Waals surface area contributed by atoms with Crippen molar-refractivity contribution >= 4 is 28.9 Å². The largest absolute Gasteiger partial charge is 0.297 e. The second kappa shape index (κ2) is 6.88. The molecule has 2 rings (SSSR count). The molecule has 0 saturated carbocycles. The Bertz CT molecular complexity index is 701. The van der Waals surface area contributed by atoms with E-state index in [-0.39, 0.29) is 5.78 Å². The second-order valence-electron chi connectivity index (χ2n) is 4.91. The van der Waals surface area contributed by atoms with Gasteiger partial charge >= 0.3 is 0 Å². The van der Waals surface area contributed by atoms with E-state index in [4.69, 9.17) is 0 Å². The highest BCUT2D eigenvalue weighted by molar-refractivity contribution is 8.00. The van der Waals surface area contributed by atoms with Gasteiger partial charge in [0.1, 0.15) is 5.01 Å². The number of carbonyl (C=O) groups is 1. The van der Waals surface area contributed by atoms with Crippen LogP contribution in [0.2, 0.25) is 0 Å². The zero-order valence-electron chi connectivity index (χ0n) is 12.2. The fourth-order valence-electron chi connectivity index (χ4n) is 1.86. The molecule has 1 heterocycles. The Kier molecular flexibility index (Phi) is 5.16. The van der Waals surface area contributed by atoms with Gasteiger partial charge in [0.15, 0.2) is 11.7 Å². The molecule has 5 heteroatoms. The molecule has 3 nitrogen and oxygen atoms in total. The van der Waals surface area contributed by atoms with Crippen LogP contribution in [0.25, 0.3) is 0 Å². The molecule has 0 spiro atoms. The predicted octanol–water partition coefficient (Wildman–Crippen LogP) is 4.04. The highest BCUT2D eigenvalue weighted by Crippen LogP contribution is 2.27. The van der Waals surface area contributed by atoms with E-state index in [9.17, 15) is 10.1 Å². The topological polar surface area (TPSA) is 53.8 Å². The molecule has 2 aromatic rings. The third-order valence-corrected chi connectivity index (χ3v) is 5.26. The van der Waals surface area contributed by atoms with E-state index in [2.05, 4.69) is 23.2 Å². The number of thiazole rings is 1. The van der Waals surface area contributed by atoms with Gasteiger partial charge in [0.05, 0.1) is 11.8 Å². The first-order chi connectivity index (χ1) is 10.0. The second-order valence-corrected chi connectivity index (χ2v) is 6.82. The summed E-state index contributed by atoms with van der Waals surface area (Å²) in [7, 11) is 0. The van der Waals surface area contributed by atoms with Gasteiger partial charge < -0.3 is 0 Å². The Morgan fingerprint density at radius 2 is 2.19 bits per heavy atom. The maximum atomic E-state index is 12.3. The van der Waals surface area contributed by atoms with Gasteiger partial charge in [-0.05, 0) is 32.4 Å². The minimum Gasteiger partial charge on any atom is -0.297 e. The van der Waals surface area contributed by atoms with Crippen molar-refractivity contribution in [3.05, 3.63) is 45.4 Å². The zero-order valence-corrected chi connectivity index (χ0v) is 13.8. The van der Waals surface area contributed by atoms with Crippen LogP contribution in [-0.2, 0) is 4.79 Å². The summed E-state index contributed by atoms with van der Waals surface area (Å²) in [5, 5.41) is 11.7. The summed E-state index contributed by atoms with van der Waals surface area (Å²) < 4.78 is 0. The van der Waals surface area contributed by atoms with Gasteiger partial charge in [-0.25, -0.2) is 4.98 Å². The van der Waals surface area contributed by atoms with Gasteiger partial charge in [-0.2, -0.15) is 5.26 Å². The highest BCUT2D eigenvalue weighted by atomic mass is 32.2. The van der Waals surface area contributed by atoms with Crippen molar-refractivity contribution in [3.63, 3.8) is 0 Å². The first-order valence-corrected chi connectivity index (χ1v) is 8.42. The Morgan fingerprint density at radius 1 is 1.43 bits per heavy atom. The number of hydrogen-bond donors (Lipinski definition) is 0. The molecule has 0 aliphatic rings. The fraction of sp³-hybridized carbons (Fsp3) is 0.312. The third kappa shape index (κ3) is 3.93. The summed E-state index contributed by atoms with van der Waals surface area (Å²) in [5.41, 5.74) is 3.17. The number of carbonyl (C=O) groups excluding carboxylic acids is 1. The van der Waals surface area contributed by atoms with Crippen LogP contribution in [0.5, 0.6) is 0 Å². The van der Waals surface area contributed by atoms with Gasteiger partial charge in [-0.1, -0.05) is 17.7 Å². The lowest BCUT2D eigenvalue weighted by atomic mass is 10.1. The molecule has 0 saturated heterocycles. The Balaban J connectivity index is 2.07. The standard InChI is InChI=1S/C16H16N2OS2/c1-10-4-5-11(2)15(6-10)20-9-14(19)13(7-17)16-18-12(3)8-21-16/h4-6,8,13H,9H2,1-3H3/t13-/m1/s1. The van der Waals surface area contributed by atoms with E-state index in [0.29, 0.717) is 10.8 Å². The average Bonchev–Trinajstić information content (AvgIpc) is 2.87. The lowest BCUT2D eigenvalue weighted by Crippen LogP contribution is -2.13. The number of ketones is 1. The van der Waals surface area contributed by atoms with Crippen molar-refractivity contribution in [3.8, 4) is 6.07 Å². The van der Waals surface area contributed by atoms with E-state index in [1.165, 1.54) is 28.7 Å². The van der Waals surface area contributed by atoms with E-state index >= 15 is 0 Å². The minimum atomic E-state index is -0.749. The number of rotatable bonds is 5. The predicted molar refractivity (Wildman–Crippen MR) is 86.9 cm³/mol. The van der Waals surface area contributed by atoms with Crippen LogP contribution in [0.4, 0.5) is 0 Å². The minimum absolute atomic E-state index is 0.0854. The van der Waals surface area contributed by atoms with Crippen molar-refractivity contribution in [1.82, 2.24) is 4.98 Å². The van der Waals surface area contributed by atoms with Crippen molar-refractivity contribution in [1.29, 1.82) is 5.26 Å². The van der Waals surface area contributed by atoms with E-state index in [0.717, 1.165) is 16.2 Å². The number of nitriles is 1. The summed E-state index contributed by atoms with van der Waals surface area (Å²) in [5.74, 6) is -0.541. The molecule has 1 aromatic heterocycles. The highest BCUT2D eigenvalue weighted by Gasteiger charge is 2.23. The molecule has 0 amide bonds. The number of aromatic nitrogens is 1. The first-order valence-electron chi connectivity index (χ1n) is 6.55. The molecule has 108 valence electrons. The number of aryl methyl sites for hydroxylation is 3. The van der Waals surface area contributed by atoms with Crippen molar-refractivity contribution in [2.75, 3.05) is 5.75 Å². The number of Topliss-reactive ketones (excluding diaryl/α,β-unsaturated/α-hetero) is 1. The van der Waals surface area contributed by atoms with Gasteiger partial charge in [0.2, 0.25) is 0 Å². The van der Waals surface area contributed by atoms with Gasteiger partial charge in [0.25, 0.3) is 0 Å². The van der Waals surface area contributed by atoms with Crippen LogP contribution in [0, 0.1) is 32.1 Å². The SMILES string of the molecule is Cc1ccc(C)c(SCC(=O)[C@@H](C#N)c2nc(C)cs2)c1. The molecule has 0 fully saturated rings. The fourth-order valence-corrected chi connectivity index (χ4v) is 3.76. The Labute approximate surface area is 133 Å². The summed E-state index contributed by atoms with van der Waals surface area (Å²) in [6, 6.07) is 8.25. The molecule has 0 aliphatic carbocycles. The summed E-state index contributed by atoms with van der Waals surface area (Å²) in [6.07, 6.45) is 0. The van der Waals surface area contributed by atoms with Gasteiger partial charge in [-0.3, -0.25) is 4.79 Å². The molecule has 0 unspecified atom stereocenters. The van der Waals surface area contributed by atoms with Crippen LogP contribution in [0.3, 0.4) is 0 Å². The molecular weight excluding hydrogens is 300 g/mol. The third-order valence-electron chi connectivity index (χ3n) is 3.05. The maximum absolute atomic E-state index is 12.3. The summed E-state index contributed by atoms with van der Waals surface area (Å²) in [4.78, 5) is 17.6. The average molecular weight is 316 g/mol. The number of nitrogens with zero attached hydrogens (tertiary/aromatic N) is 2. The normalized spacial score (nSPS) is 11.9. The molecule has 0 bridgehead atoms. The zero-order chi connectivity index (χ0) is 15.4. The van der Waals surface area contributed by atoms with E-state index in [1.54, 1.807) is 0 Å². The maximum Gasteiger partial charge on any atom is 0.167 e. The van der Waals surface area contributed by atoms with Crippen LogP contribution in [-0.4, -0.2) is 16.5 Å². The van der Waals surface area contributed by atoms with Crippen LogP contribution in [0.15, 0.2) is 28.5 Å². The molecule has 0 aliphatic heterocycles. The van der Waals surface area contributed by atoms with E-state index in [1.807, 2.05) is 32.2 Å². The quantitative estimate of drug-likeness (QED) is 0.781. The Hall–Kier alpha value is -1.64. The summed E-state index contributed by atoms with van der Waals surface area (Å²) in [6.45, 7) is 5.92. The van der Waals surface area contributed by atoms with Crippen LogP contribution >= 0.6 is 23.1 Å². The van der Waals surface area contributed by atoms with Crippen molar-refractivity contribution in [2.24, 2.45) is 0 Å². The molecular formula is C16H16N2OS2. The molecule has 21 heavy (non-hydrogen) atoms. The van der Waals surface area contributed by atoms with Crippen LogP contribution in [0.1, 0.15) is 27.7 Å². The molecule has 0 radical (unpaired) electrons. The molecule has 1 aromatic carbocycles. The lowest BCUT2D eigenvalue weighted by Gasteiger charge is -2.08. The first kappa shape index (κ1) is 15.7. The Morgan fingerprint density at radius 3 is 2.81 bits per heavy atom. The summed E-state index contributed by atoms with van der Waals surface area (Å²) >= 11 is 2.86. The monoisotopic (exact) mass is 316 g/mol.